The number of anilines is 1. The summed E-state index contributed by atoms with van der Waals surface area (Å²) in [6.45, 7) is 3.24. The smallest absolute Gasteiger partial charge is 0.359 e. The number of hydrogen-bond acceptors (Lipinski definition) is 7. The van der Waals surface area contributed by atoms with Gasteiger partial charge in [-0.05, 0) is 37.1 Å². The lowest BCUT2D eigenvalue weighted by Gasteiger charge is -2.15. The average Bonchev–Trinajstić information content (AvgIpc) is 2.80. The van der Waals surface area contributed by atoms with Gasteiger partial charge in [0.15, 0.2) is 12.3 Å². The highest BCUT2D eigenvalue weighted by molar-refractivity contribution is 7.89. The monoisotopic (exact) mass is 486 g/mol. The summed E-state index contributed by atoms with van der Waals surface area (Å²) < 4.78 is 32.4. The molecule has 0 saturated heterocycles. The molecule has 3 aromatic rings. The molecule has 1 amide bonds. The molecular weight excluding hydrogens is 460 g/mol. The molecule has 0 aliphatic heterocycles. The van der Waals surface area contributed by atoms with Gasteiger partial charge in [-0.2, -0.15) is 5.10 Å². The second-order valence-electron chi connectivity index (χ2n) is 7.81. The lowest BCUT2D eigenvalue weighted by Crippen LogP contribution is -2.27. The quantitative estimate of drug-likeness (QED) is 0.483. The van der Waals surface area contributed by atoms with Crippen molar-refractivity contribution < 1.29 is 22.7 Å². The highest BCUT2D eigenvalue weighted by Gasteiger charge is 2.21. The maximum Gasteiger partial charge on any atom is 0.359 e. The number of nitrogens with zero attached hydrogens (tertiary/aromatic N) is 3. The molecule has 0 bridgehead atoms. The van der Waals surface area contributed by atoms with Gasteiger partial charge >= 0.3 is 5.97 Å². The largest absolute Gasteiger partial charge is 0.451 e. The van der Waals surface area contributed by atoms with Gasteiger partial charge in [0.2, 0.25) is 10.0 Å². The molecule has 0 saturated carbocycles. The van der Waals surface area contributed by atoms with Crippen LogP contribution in [0.15, 0.2) is 52.2 Å². The van der Waals surface area contributed by atoms with Crippen molar-refractivity contribution in [2.24, 2.45) is 0 Å². The maximum absolute atomic E-state index is 12.7. The van der Waals surface area contributed by atoms with Gasteiger partial charge in [-0.1, -0.05) is 31.2 Å². The zero-order chi connectivity index (χ0) is 25.0. The van der Waals surface area contributed by atoms with Crippen LogP contribution in [0.1, 0.15) is 29.4 Å². The van der Waals surface area contributed by atoms with E-state index in [1.165, 1.54) is 24.8 Å². The number of benzene rings is 2. The van der Waals surface area contributed by atoms with E-state index in [2.05, 4.69) is 10.4 Å². The number of carbonyl (C=O) groups excluding carboxylic acids is 2. The van der Waals surface area contributed by atoms with Gasteiger partial charge < -0.3 is 10.1 Å². The first-order chi connectivity index (χ1) is 16.1. The number of amides is 1. The zero-order valence-corrected chi connectivity index (χ0v) is 20.2. The fourth-order valence-corrected chi connectivity index (χ4v) is 4.44. The molecule has 2 aromatic carbocycles. The Morgan fingerprint density at radius 3 is 2.44 bits per heavy atom. The first kappa shape index (κ1) is 25.1. The van der Waals surface area contributed by atoms with Crippen LogP contribution in [0.4, 0.5) is 5.69 Å². The van der Waals surface area contributed by atoms with Crippen molar-refractivity contribution in [3.05, 3.63) is 64.1 Å². The number of aromatic nitrogens is 2. The molecule has 0 radical (unpaired) electrons. The molecule has 180 valence electrons. The van der Waals surface area contributed by atoms with Crippen molar-refractivity contribution in [1.29, 1.82) is 0 Å². The molecule has 0 aliphatic carbocycles. The van der Waals surface area contributed by atoms with E-state index >= 15 is 0 Å². The van der Waals surface area contributed by atoms with E-state index in [9.17, 15) is 22.8 Å². The Labute approximate surface area is 197 Å². The summed E-state index contributed by atoms with van der Waals surface area (Å²) in [7, 11) is -0.865. The topological polar surface area (TPSA) is 128 Å². The normalized spacial score (nSPS) is 11.6. The van der Waals surface area contributed by atoms with E-state index in [-0.39, 0.29) is 21.8 Å². The van der Waals surface area contributed by atoms with Gasteiger partial charge in [-0.3, -0.25) is 9.59 Å². The number of hydrogen-bond donors (Lipinski definition) is 1. The van der Waals surface area contributed by atoms with Crippen LogP contribution in [0.5, 0.6) is 0 Å². The zero-order valence-electron chi connectivity index (χ0n) is 19.4. The van der Waals surface area contributed by atoms with Crippen LogP contribution < -0.4 is 10.9 Å². The molecule has 0 unspecified atom stereocenters. The van der Waals surface area contributed by atoms with Gasteiger partial charge in [0.25, 0.3) is 11.5 Å². The number of aryl methyl sites for hydroxylation is 2. The third-order valence-electron chi connectivity index (χ3n) is 5.06. The molecule has 1 N–H and O–H groups in total. The van der Waals surface area contributed by atoms with E-state index in [0.717, 1.165) is 4.31 Å². The lowest BCUT2D eigenvalue weighted by atomic mass is 10.1. The van der Waals surface area contributed by atoms with Crippen LogP contribution in [0.2, 0.25) is 0 Å². The first-order valence-electron chi connectivity index (χ1n) is 10.6. The minimum Gasteiger partial charge on any atom is -0.451 e. The van der Waals surface area contributed by atoms with Crippen LogP contribution in [0, 0.1) is 6.92 Å². The molecule has 1 aromatic heterocycles. The van der Waals surface area contributed by atoms with Crippen molar-refractivity contribution in [3.63, 3.8) is 0 Å². The highest BCUT2D eigenvalue weighted by atomic mass is 32.2. The SMILES string of the molecule is CCCn1nc(C(=O)OCC(=O)Nc2ccc(C)c(S(=O)(=O)N(C)C)c2)c2ccccc2c1=O. The van der Waals surface area contributed by atoms with Gasteiger partial charge in [0.05, 0.1) is 10.3 Å². The summed E-state index contributed by atoms with van der Waals surface area (Å²) >= 11 is 0. The number of carbonyl (C=O) groups is 2. The van der Waals surface area contributed by atoms with Crippen LogP contribution in [0.25, 0.3) is 10.8 Å². The first-order valence-corrected chi connectivity index (χ1v) is 12.0. The molecule has 1 heterocycles. The van der Waals surface area contributed by atoms with Gasteiger partial charge in [-0.15, -0.1) is 0 Å². The lowest BCUT2D eigenvalue weighted by molar-refractivity contribution is -0.119. The number of fused-ring (bicyclic) bond motifs is 1. The second-order valence-corrected chi connectivity index (χ2v) is 9.93. The Kier molecular flexibility index (Phi) is 7.48. The number of esters is 1. The van der Waals surface area contributed by atoms with E-state index in [1.807, 2.05) is 6.92 Å². The van der Waals surface area contributed by atoms with Crippen molar-refractivity contribution in [1.82, 2.24) is 14.1 Å². The third kappa shape index (κ3) is 5.15. The fourth-order valence-electron chi connectivity index (χ4n) is 3.30. The van der Waals surface area contributed by atoms with Crippen molar-refractivity contribution in [2.75, 3.05) is 26.0 Å². The Morgan fingerprint density at radius 1 is 1.12 bits per heavy atom. The number of rotatable bonds is 8. The molecule has 10 nitrogen and oxygen atoms in total. The Morgan fingerprint density at radius 2 is 1.79 bits per heavy atom. The minimum atomic E-state index is -3.70. The van der Waals surface area contributed by atoms with Crippen molar-refractivity contribution >= 4 is 38.4 Å². The summed E-state index contributed by atoms with van der Waals surface area (Å²) in [6.07, 6.45) is 0.643. The Hall–Kier alpha value is -3.57. The Bertz CT molecular complexity index is 1410. The summed E-state index contributed by atoms with van der Waals surface area (Å²) in [5.41, 5.74) is 0.395. The highest BCUT2D eigenvalue weighted by Crippen LogP contribution is 2.22. The molecule has 3 rings (SSSR count). The Balaban J connectivity index is 1.78. The van der Waals surface area contributed by atoms with Crippen molar-refractivity contribution in [2.45, 2.75) is 31.7 Å². The second kappa shape index (κ2) is 10.1. The van der Waals surface area contributed by atoms with E-state index in [4.69, 9.17) is 4.74 Å². The predicted octanol–water partition coefficient (Wildman–Crippen LogP) is 2.16. The molecule has 0 spiro atoms. The van der Waals surface area contributed by atoms with E-state index < -0.39 is 28.5 Å². The number of sulfonamides is 1. The molecule has 0 fully saturated rings. The number of nitrogens with one attached hydrogen (secondary N) is 1. The van der Waals surface area contributed by atoms with Gasteiger partial charge in [0.1, 0.15) is 0 Å². The standard InChI is InChI=1S/C23H26N4O6S/c1-5-12-27-22(29)18-9-7-6-8-17(18)21(25-27)23(30)33-14-20(28)24-16-11-10-15(2)19(13-16)34(31,32)26(3)4/h6-11,13H,5,12,14H2,1-4H3,(H,24,28). The van der Waals surface area contributed by atoms with Gasteiger partial charge in [-0.25, -0.2) is 22.2 Å². The van der Waals surface area contributed by atoms with Crippen LogP contribution in [-0.2, 0) is 26.1 Å². The average molecular weight is 487 g/mol. The minimum absolute atomic E-state index is 0.0566. The third-order valence-corrected chi connectivity index (χ3v) is 7.02. The predicted molar refractivity (Wildman–Crippen MR) is 127 cm³/mol. The number of ether oxygens (including phenoxy) is 1. The molecule has 34 heavy (non-hydrogen) atoms. The summed E-state index contributed by atoms with van der Waals surface area (Å²) in [5, 5.41) is 7.34. The van der Waals surface area contributed by atoms with Crippen LogP contribution in [0.3, 0.4) is 0 Å². The maximum atomic E-state index is 12.7. The molecule has 0 atom stereocenters. The fraction of sp³-hybridized carbons (Fsp3) is 0.304. The van der Waals surface area contributed by atoms with Crippen molar-refractivity contribution in [3.8, 4) is 0 Å². The molecule has 11 heteroatoms. The van der Waals surface area contributed by atoms with Crippen LogP contribution in [-0.4, -0.2) is 55.1 Å². The molecule has 0 aliphatic rings. The summed E-state index contributed by atoms with van der Waals surface area (Å²) in [5.74, 6) is -1.51. The van der Waals surface area contributed by atoms with Crippen LogP contribution >= 0.6 is 0 Å². The van der Waals surface area contributed by atoms with E-state index in [1.54, 1.807) is 43.3 Å². The van der Waals surface area contributed by atoms with E-state index in [0.29, 0.717) is 29.3 Å². The molecular formula is C23H26N4O6S. The summed E-state index contributed by atoms with van der Waals surface area (Å²) in [4.78, 5) is 37.7. The van der Waals surface area contributed by atoms with Gasteiger partial charge in [0, 0.05) is 31.7 Å². The summed E-state index contributed by atoms with van der Waals surface area (Å²) in [6, 6.07) is 11.0.